The average molecular weight is 248 g/mol. The zero-order valence-corrected chi connectivity index (χ0v) is 10.3. The second kappa shape index (κ2) is 6.02. The van der Waals surface area contributed by atoms with Crippen molar-refractivity contribution in [3.8, 4) is 0 Å². The molecule has 0 saturated heterocycles. The van der Waals surface area contributed by atoms with E-state index in [1.807, 2.05) is 6.92 Å². The topological polar surface area (TPSA) is 54.9 Å². The largest absolute Gasteiger partial charge is 0.354 e. The summed E-state index contributed by atoms with van der Waals surface area (Å²) in [6.07, 6.45) is 5.62. The molecule has 2 unspecified atom stereocenters. The van der Waals surface area contributed by atoms with E-state index < -0.39 is 10.8 Å². The minimum atomic E-state index is -0.774. The number of anilines is 1. The minimum Gasteiger partial charge on any atom is -0.354 e. The van der Waals surface area contributed by atoms with Crippen molar-refractivity contribution in [2.45, 2.75) is 18.6 Å². The first kappa shape index (κ1) is 12.4. The van der Waals surface area contributed by atoms with Crippen molar-refractivity contribution < 1.29 is 4.21 Å². The molecule has 6 heteroatoms. The quantitative estimate of drug-likeness (QED) is 0.861. The van der Waals surface area contributed by atoms with Crippen LogP contribution >= 0.6 is 11.6 Å². The molecular weight excluding hydrogens is 234 g/mol. The zero-order valence-electron chi connectivity index (χ0n) is 8.74. The number of nitrogens with zero attached hydrogens (tertiary/aromatic N) is 2. The lowest BCUT2D eigenvalue weighted by Crippen LogP contribution is -2.15. The summed E-state index contributed by atoms with van der Waals surface area (Å²) in [5, 5.41) is 3.74. The van der Waals surface area contributed by atoms with Gasteiger partial charge in [-0.1, -0.05) is 18.5 Å². The maximum Gasteiger partial charge on any atom is 0.222 e. The molecule has 0 spiro atoms. The van der Waals surface area contributed by atoms with E-state index in [0.29, 0.717) is 17.5 Å². The molecular formula is C9H14ClN3OS. The summed E-state index contributed by atoms with van der Waals surface area (Å²) in [4.78, 5) is 7.98. The van der Waals surface area contributed by atoms with Crippen LogP contribution in [0.2, 0.25) is 5.02 Å². The van der Waals surface area contributed by atoms with Crippen LogP contribution in [0.4, 0.5) is 5.95 Å². The minimum absolute atomic E-state index is 0.185. The van der Waals surface area contributed by atoms with Gasteiger partial charge in [0.05, 0.1) is 17.4 Å². The predicted octanol–water partition coefficient (Wildman–Crippen LogP) is 1.70. The van der Waals surface area contributed by atoms with E-state index in [-0.39, 0.29) is 5.25 Å². The van der Waals surface area contributed by atoms with Crippen molar-refractivity contribution in [1.82, 2.24) is 9.97 Å². The first-order chi connectivity index (χ1) is 7.09. The Kier molecular flexibility index (Phi) is 4.98. The summed E-state index contributed by atoms with van der Waals surface area (Å²) >= 11 is 5.64. The molecule has 0 aliphatic carbocycles. The van der Waals surface area contributed by atoms with E-state index >= 15 is 0 Å². The van der Waals surface area contributed by atoms with Gasteiger partial charge in [-0.15, -0.1) is 0 Å². The van der Waals surface area contributed by atoms with Crippen LogP contribution in [0, 0.1) is 0 Å². The van der Waals surface area contributed by atoms with Gasteiger partial charge in [0.15, 0.2) is 0 Å². The third kappa shape index (κ3) is 4.57. The van der Waals surface area contributed by atoms with Crippen LogP contribution in [0.5, 0.6) is 0 Å². The Morgan fingerprint density at radius 3 is 2.67 bits per heavy atom. The van der Waals surface area contributed by atoms with Gasteiger partial charge in [-0.25, -0.2) is 9.97 Å². The van der Waals surface area contributed by atoms with Gasteiger partial charge in [-0.2, -0.15) is 0 Å². The first-order valence-corrected chi connectivity index (χ1v) is 6.63. The highest BCUT2D eigenvalue weighted by Crippen LogP contribution is 2.06. The second-order valence-electron chi connectivity index (χ2n) is 3.25. The zero-order chi connectivity index (χ0) is 11.3. The molecule has 0 aliphatic heterocycles. The van der Waals surface area contributed by atoms with E-state index in [1.165, 1.54) is 12.4 Å². The molecule has 0 radical (unpaired) electrons. The van der Waals surface area contributed by atoms with Gasteiger partial charge in [0.1, 0.15) is 0 Å². The average Bonchev–Trinajstić information content (AvgIpc) is 2.20. The lowest BCUT2D eigenvalue weighted by atomic mass is 10.3. The van der Waals surface area contributed by atoms with Crippen LogP contribution in [0.1, 0.15) is 13.3 Å². The lowest BCUT2D eigenvalue weighted by Gasteiger charge is -2.08. The van der Waals surface area contributed by atoms with Crippen molar-refractivity contribution in [3.05, 3.63) is 17.4 Å². The molecule has 84 valence electrons. The maximum atomic E-state index is 11.1. The third-order valence-electron chi connectivity index (χ3n) is 2.02. The van der Waals surface area contributed by atoms with Gasteiger partial charge in [0.25, 0.3) is 0 Å². The summed E-state index contributed by atoms with van der Waals surface area (Å²) < 4.78 is 11.1. The molecule has 0 saturated carbocycles. The molecule has 0 aliphatic rings. The number of aromatic nitrogens is 2. The lowest BCUT2D eigenvalue weighted by molar-refractivity contribution is 0.672. The fourth-order valence-corrected chi connectivity index (χ4v) is 1.50. The number of hydrogen-bond acceptors (Lipinski definition) is 4. The Morgan fingerprint density at radius 1 is 1.53 bits per heavy atom. The third-order valence-corrected chi connectivity index (χ3v) is 3.59. The normalized spacial score (nSPS) is 14.6. The number of rotatable bonds is 5. The monoisotopic (exact) mass is 247 g/mol. The summed E-state index contributed by atoms with van der Waals surface area (Å²) in [7, 11) is -0.774. The van der Waals surface area contributed by atoms with Crippen molar-refractivity contribution >= 4 is 28.3 Å². The van der Waals surface area contributed by atoms with Crippen LogP contribution in [-0.4, -0.2) is 32.2 Å². The number of hydrogen-bond donors (Lipinski definition) is 1. The molecule has 15 heavy (non-hydrogen) atoms. The molecule has 4 nitrogen and oxygen atoms in total. The molecule has 0 bridgehead atoms. The van der Waals surface area contributed by atoms with Crippen LogP contribution in [0.15, 0.2) is 12.4 Å². The maximum absolute atomic E-state index is 11.1. The van der Waals surface area contributed by atoms with Gasteiger partial charge < -0.3 is 5.32 Å². The smallest absolute Gasteiger partial charge is 0.222 e. The van der Waals surface area contributed by atoms with E-state index in [2.05, 4.69) is 15.3 Å². The van der Waals surface area contributed by atoms with Crippen LogP contribution < -0.4 is 5.32 Å². The Bertz CT molecular complexity index is 331. The molecule has 1 heterocycles. The van der Waals surface area contributed by atoms with Crippen molar-refractivity contribution in [2.24, 2.45) is 0 Å². The molecule has 1 N–H and O–H groups in total. The number of halogens is 1. The van der Waals surface area contributed by atoms with Gasteiger partial charge in [0, 0.05) is 28.9 Å². The molecule has 0 fully saturated rings. The fourth-order valence-electron chi connectivity index (χ4n) is 0.957. The van der Waals surface area contributed by atoms with E-state index in [0.717, 1.165) is 6.42 Å². The van der Waals surface area contributed by atoms with Crippen LogP contribution in [0.25, 0.3) is 0 Å². The SMILES string of the molecule is CC(CCNc1ncc(Cl)cn1)S(C)=O. The molecule has 1 aromatic heterocycles. The molecule has 0 amide bonds. The van der Waals surface area contributed by atoms with Crippen LogP contribution in [0.3, 0.4) is 0 Å². The Balaban J connectivity index is 2.32. The molecule has 0 aromatic carbocycles. The Labute approximate surface area is 96.9 Å². The standard InChI is InChI=1S/C9H14ClN3OS/c1-7(15(2)14)3-4-11-9-12-5-8(10)6-13-9/h5-7H,3-4H2,1-2H3,(H,11,12,13). The van der Waals surface area contributed by atoms with Gasteiger partial charge in [-0.05, 0) is 6.42 Å². The van der Waals surface area contributed by atoms with E-state index in [4.69, 9.17) is 11.6 Å². The van der Waals surface area contributed by atoms with Gasteiger partial charge in [0.2, 0.25) is 5.95 Å². The summed E-state index contributed by atoms with van der Waals surface area (Å²) in [6, 6.07) is 0. The van der Waals surface area contributed by atoms with Gasteiger partial charge >= 0.3 is 0 Å². The summed E-state index contributed by atoms with van der Waals surface area (Å²) in [6.45, 7) is 2.67. The second-order valence-corrected chi connectivity index (χ2v) is 5.49. The highest BCUT2D eigenvalue weighted by atomic mass is 35.5. The van der Waals surface area contributed by atoms with Crippen LogP contribution in [-0.2, 0) is 10.8 Å². The van der Waals surface area contributed by atoms with E-state index in [1.54, 1.807) is 6.26 Å². The molecule has 2 atom stereocenters. The fraction of sp³-hybridized carbons (Fsp3) is 0.556. The summed E-state index contributed by atoms with van der Waals surface area (Å²) in [5.74, 6) is 0.550. The van der Waals surface area contributed by atoms with Crippen molar-refractivity contribution in [1.29, 1.82) is 0 Å². The highest BCUT2D eigenvalue weighted by Gasteiger charge is 2.05. The predicted molar refractivity (Wildman–Crippen MR) is 63.7 cm³/mol. The summed E-state index contributed by atoms with van der Waals surface area (Å²) in [5.41, 5.74) is 0. The Hall–Kier alpha value is -0.680. The Morgan fingerprint density at radius 2 is 2.13 bits per heavy atom. The number of nitrogens with one attached hydrogen (secondary N) is 1. The first-order valence-electron chi connectivity index (χ1n) is 4.63. The highest BCUT2D eigenvalue weighted by molar-refractivity contribution is 7.84. The van der Waals surface area contributed by atoms with E-state index in [9.17, 15) is 4.21 Å². The van der Waals surface area contributed by atoms with Gasteiger partial charge in [-0.3, -0.25) is 4.21 Å². The molecule has 1 rings (SSSR count). The molecule has 1 aromatic rings. The van der Waals surface area contributed by atoms with Crippen molar-refractivity contribution in [2.75, 3.05) is 18.1 Å². The van der Waals surface area contributed by atoms with Crippen molar-refractivity contribution in [3.63, 3.8) is 0 Å².